The molecule has 2 unspecified atom stereocenters. The Labute approximate surface area is 159 Å². The Kier molecular flexibility index (Phi) is 6.76. The Bertz CT molecular complexity index is 749. The number of rotatable bonds is 4. The summed E-state index contributed by atoms with van der Waals surface area (Å²) >= 11 is 0. The fourth-order valence-electron chi connectivity index (χ4n) is 3.08. The monoisotopic (exact) mass is 377 g/mol. The molecule has 140 valence electrons. The molecule has 2 atom stereocenters. The van der Waals surface area contributed by atoms with Crippen molar-refractivity contribution in [2.45, 2.75) is 19.0 Å². The van der Waals surface area contributed by atoms with E-state index < -0.39 is 6.04 Å². The summed E-state index contributed by atoms with van der Waals surface area (Å²) < 4.78 is 1.92. The Balaban J connectivity index is 0.00000243. The number of amides is 2. The van der Waals surface area contributed by atoms with E-state index in [1.165, 1.54) is 0 Å². The fraction of sp³-hybridized carbons (Fsp3) is 0.389. The third-order valence-electron chi connectivity index (χ3n) is 4.44. The van der Waals surface area contributed by atoms with Crippen LogP contribution in [-0.2, 0) is 11.8 Å². The van der Waals surface area contributed by atoms with E-state index >= 15 is 0 Å². The molecule has 2 aromatic rings. The SMILES string of the molecule is CC(NC(=O)c1ccccc1)C(=O)N1CCNCC1c1nccn1C.Cl. The molecular weight excluding hydrogens is 354 g/mol. The summed E-state index contributed by atoms with van der Waals surface area (Å²) in [5.74, 6) is 0.492. The highest BCUT2D eigenvalue weighted by atomic mass is 35.5. The number of carbonyl (C=O) groups is 2. The number of halogens is 1. The molecule has 1 aromatic heterocycles. The molecule has 1 aromatic carbocycles. The molecule has 26 heavy (non-hydrogen) atoms. The van der Waals surface area contributed by atoms with Gasteiger partial charge in [0.25, 0.3) is 5.91 Å². The Morgan fingerprint density at radius 3 is 2.69 bits per heavy atom. The number of benzene rings is 1. The van der Waals surface area contributed by atoms with E-state index in [1.54, 1.807) is 42.3 Å². The number of nitrogens with zero attached hydrogens (tertiary/aromatic N) is 3. The summed E-state index contributed by atoms with van der Waals surface area (Å²) in [6, 6.07) is 8.17. The maximum absolute atomic E-state index is 12.9. The second kappa shape index (κ2) is 8.82. The summed E-state index contributed by atoms with van der Waals surface area (Å²) in [6.07, 6.45) is 3.60. The zero-order valence-electron chi connectivity index (χ0n) is 14.9. The van der Waals surface area contributed by atoms with E-state index in [-0.39, 0.29) is 30.3 Å². The van der Waals surface area contributed by atoms with Crippen molar-refractivity contribution in [3.05, 3.63) is 54.1 Å². The third-order valence-corrected chi connectivity index (χ3v) is 4.44. The van der Waals surface area contributed by atoms with Crippen LogP contribution in [0.3, 0.4) is 0 Å². The number of hydrogen-bond donors (Lipinski definition) is 2. The number of hydrogen-bond acceptors (Lipinski definition) is 4. The van der Waals surface area contributed by atoms with Gasteiger partial charge in [-0.25, -0.2) is 4.98 Å². The van der Waals surface area contributed by atoms with Crippen LogP contribution in [0.1, 0.15) is 29.1 Å². The van der Waals surface area contributed by atoms with Crippen LogP contribution in [0.15, 0.2) is 42.7 Å². The van der Waals surface area contributed by atoms with Crippen LogP contribution in [0, 0.1) is 0 Å². The lowest BCUT2D eigenvalue weighted by Gasteiger charge is -2.37. The van der Waals surface area contributed by atoms with E-state index in [0.717, 1.165) is 12.4 Å². The number of imidazole rings is 1. The number of nitrogens with one attached hydrogen (secondary N) is 2. The largest absolute Gasteiger partial charge is 0.341 e. The number of aryl methyl sites for hydroxylation is 1. The van der Waals surface area contributed by atoms with Crippen molar-refractivity contribution in [1.29, 1.82) is 0 Å². The van der Waals surface area contributed by atoms with Crippen molar-refractivity contribution in [2.75, 3.05) is 19.6 Å². The number of carbonyl (C=O) groups excluding carboxylic acids is 2. The van der Waals surface area contributed by atoms with E-state index in [4.69, 9.17) is 0 Å². The third kappa shape index (κ3) is 4.23. The van der Waals surface area contributed by atoms with Gasteiger partial charge in [0.1, 0.15) is 17.9 Å². The van der Waals surface area contributed by atoms with E-state index in [9.17, 15) is 9.59 Å². The Morgan fingerprint density at radius 1 is 1.31 bits per heavy atom. The molecule has 8 heteroatoms. The van der Waals surface area contributed by atoms with Gasteiger partial charge in [-0.15, -0.1) is 12.4 Å². The second-order valence-electron chi connectivity index (χ2n) is 6.21. The first kappa shape index (κ1) is 19.9. The highest BCUT2D eigenvalue weighted by Gasteiger charge is 2.33. The molecule has 0 bridgehead atoms. The van der Waals surface area contributed by atoms with Gasteiger partial charge in [-0.3, -0.25) is 9.59 Å². The van der Waals surface area contributed by atoms with Crippen molar-refractivity contribution in [1.82, 2.24) is 25.1 Å². The van der Waals surface area contributed by atoms with Crippen LogP contribution in [0.2, 0.25) is 0 Å². The van der Waals surface area contributed by atoms with Gasteiger partial charge in [-0.1, -0.05) is 18.2 Å². The number of piperazine rings is 1. The maximum atomic E-state index is 12.9. The van der Waals surface area contributed by atoms with Crippen LogP contribution >= 0.6 is 12.4 Å². The lowest BCUT2D eigenvalue weighted by molar-refractivity contribution is -0.136. The highest BCUT2D eigenvalue weighted by molar-refractivity contribution is 5.97. The smallest absolute Gasteiger partial charge is 0.251 e. The lowest BCUT2D eigenvalue weighted by Crippen LogP contribution is -2.54. The maximum Gasteiger partial charge on any atom is 0.251 e. The van der Waals surface area contributed by atoms with Crippen molar-refractivity contribution in [2.24, 2.45) is 7.05 Å². The first-order valence-corrected chi connectivity index (χ1v) is 8.42. The van der Waals surface area contributed by atoms with Crippen LogP contribution in [0.25, 0.3) is 0 Å². The van der Waals surface area contributed by atoms with Crippen LogP contribution in [-0.4, -0.2) is 51.9 Å². The predicted octanol–water partition coefficient (Wildman–Crippen LogP) is 1.13. The van der Waals surface area contributed by atoms with Gasteiger partial charge in [0.05, 0.1) is 0 Å². The molecule has 2 amide bonds. The zero-order chi connectivity index (χ0) is 17.8. The molecule has 2 N–H and O–H groups in total. The molecule has 7 nitrogen and oxygen atoms in total. The van der Waals surface area contributed by atoms with Crippen LogP contribution < -0.4 is 10.6 Å². The van der Waals surface area contributed by atoms with Gasteiger partial charge in [0.15, 0.2) is 0 Å². The molecule has 1 aliphatic heterocycles. The molecular formula is C18H24ClN5O2. The van der Waals surface area contributed by atoms with Gasteiger partial charge in [-0.2, -0.15) is 0 Å². The molecule has 1 fully saturated rings. The summed E-state index contributed by atoms with van der Waals surface area (Å²) in [7, 11) is 1.92. The highest BCUT2D eigenvalue weighted by Crippen LogP contribution is 2.21. The Hall–Kier alpha value is -2.38. The van der Waals surface area contributed by atoms with Crippen molar-refractivity contribution in [3.63, 3.8) is 0 Å². The molecule has 0 saturated carbocycles. The topological polar surface area (TPSA) is 79.3 Å². The average molecular weight is 378 g/mol. The Morgan fingerprint density at radius 2 is 2.04 bits per heavy atom. The molecule has 0 aliphatic carbocycles. The van der Waals surface area contributed by atoms with Crippen LogP contribution in [0.5, 0.6) is 0 Å². The van der Waals surface area contributed by atoms with Gasteiger partial charge < -0.3 is 20.1 Å². The minimum atomic E-state index is -0.603. The van der Waals surface area contributed by atoms with Crippen molar-refractivity contribution < 1.29 is 9.59 Å². The standard InChI is InChI=1S/C18H23N5O2.ClH/c1-13(21-17(24)14-6-4-3-5-7-14)18(25)23-11-8-19-12-15(23)16-20-9-10-22(16)2;/h3-7,9-10,13,15,19H,8,11-12H2,1-2H3,(H,21,24);1H. The van der Waals surface area contributed by atoms with E-state index in [2.05, 4.69) is 15.6 Å². The van der Waals surface area contributed by atoms with E-state index in [1.807, 2.05) is 23.9 Å². The first-order valence-electron chi connectivity index (χ1n) is 8.42. The quantitative estimate of drug-likeness (QED) is 0.837. The van der Waals surface area contributed by atoms with Crippen LogP contribution in [0.4, 0.5) is 0 Å². The molecule has 0 radical (unpaired) electrons. The van der Waals surface area contributed by atoms with Crippen molar-refractivity contribution >= 4 is 24.2 Å². The molecule has 1 aliphatic rings. The summed E-state index contributed by atoms with van der Waals surface area (Å²) in [5, 5.41) is 6.10. The van der Waals surface area contributed by atoms with Gasteiger partial charge in [0, 0.05) is 44.6 Å². The summed E-state index contributed by atoms with van der Waals surface area (Å²) in [4.78, 5) is 31.4. The van der Waals surface area contributed by atoms with Gasteiger partial charge >= 0.3 is 0 Å². The molecule has 0 spiro atoms. The normalized spacial score (nSPS) is 17.9. The number of aromatic nitrogens is 2. The minimum Gasteiger partial charge on any atom is -0.341 e. The lowest BCUT2D eigenvalue weighted by atomic mass is 10.1. The first-order chi connectivity index (χ1) is 12.1. The zero-order valence-corrected chi connectivity index (χ0v) is 15.7. The van der Waals surface area contributed by atoms with Gasteiger partial charge in [-0.05, 0) is 19.1 Å². The molecule has 2 heterocycles. The summed E-state index contributed by atoms with van der Waals surface area (Å²) in [5.41, 5.74) is 0.545. The predicted molar refractivity (Wildman–Crippen MR) is 101 cm³/mol. The van der Waals surface area contributed by atoms with Crippen molar-refractivity contribution in [3.8, 4) is 0 Å². The van der Waals surface area contributed by atoms with E-state index in [0.29, 0.717) is 18.7 Å². The average Bonchev–Trinajstić information content (AvgIpc) is 3.07. The second-order valence-corrected chi connectivity index (χ2v) is 6.21. The minimum absolute atomic E-state index is 0. The molecule has 3 rings (SSSR count). The molecule has 1 saturated heterocycles. The summed E-state index contributed by atoms with van der Waals surface area (Å²) in [6.45, 7) is 3.69. The van der Waals surface area contributed by atoms with Gasteiger partial charge in [0.2, 0.25) is 5.91 Å². The fourth-order valence-corrected chi connectivity index (χ4v) is 3.08.